The van der Waals surface area contributed by atoms with Crippen LogP contribution in [0.15, 0.2) is 84.9 Å². The number of tetrazole rings is 1. The molecule has 9 nitrogen and oxygen atoms in total. The van der Waals surface area contributed by atoms with Gasteiger partial charge in [0.1, 0.15) is 5.75 Å². The van der Waals surface area contributed by atoms with Crippen LogP contribution in [0, 0.1) is 0 Å². The summed E-state index contributed by atoms with van der Waals surface area (Å²) in [5, 5.41) is 19.8. The Kier molecular flexibility index (Phi) is 10.3. The highest BCUT2D eigenvalue weighted by atomic mass is 35.5. The number of urea groups is 1. The number of hydrogen-bond acceptors (Lipinski definition) is 6. The van der Waals surface area contributed by atoms with E-state index in [2.05, 4.69) is 36.0 Å². The molecule has 0 bridgehead atoms. The molecule has 0 fully saturated rings. The van der Waals surface area contributed by atoms with Crippen molar-refractivity contribution in [3.8, 4) is 28.3 Å². The second-order valence-electron chi connectivity index (χ2n) is 10.2. The van der Waals surface area contributed by atoms with Gasteiger partial charge in [0.05, 0.1) is 17.8 Å². The smallest absolute Gasteiger partial charge is 0.406 e. The third kappa shape index (κ3) is 9.29. The van der Waals surface area contributed by atoms with Gasteiger partial charge >= 0.3 is 18.6 Å². The van der Waals surface area contributed by atoms with Crippen molar-refractivity contribution in [3.05, 3.63) is 101 Å². The predicted molar refractivity (Wildman–Crippen MR) is 169 cm³/mol. The zero-order valence-electron chi connectivity index (χ0n) is 24.3. The van der Waals surface area contributed by atoms with Crippen molar-refractivity contribution in [1.82, 2.24) is 20.6 Å². The van der Waals surface area contributed by atoms with Crippen LogP contribution in [0.1, 0.15) is 12.0 Å². The lowest BCUT2D eigenvalue weighted by Crippen LogP contribution is -2.29. The van der Waals surface area contributed by atoms with Crippen LogP contribution in [-0.2, 0) is 6.54 Å². The molecule has 0 aliphatic heterocycles. The van der Waals surface area contributed by atoms with Gasteiger partial charge in [-0.3, -0.25) is 0 Å². The zero-order chi connectivity index (χ0) is 34.5. The van der Waals surface area contributed by atoms with Crippen molar-refractivity contribution in [3.63, 3.8) is 0 Å². The first kappa shape index (κ1) is 34.3. The molecular formula is C31H23Cl2F6N7O2. The highest BCUT2D eigenvalue weighted by Gasteiger charge is 2.31. The molecule has 0 saturated carbocycles. The highest BCUT2D eigenvalue weighted by molar-refractivity contribution is 6.35. The number of benzene rings is 4. The van der Waals surface area contributed by atoms with Crippen LogP contribution >= 0.6 is 23.2 Å². The van der Waals surface area contributed by atoms with Crippen LogP contribution in [0.3, 0.4) is 0 Å². The molecule has 5 rings (SSSR count). The van der Waals surface area contributed by atoms with Gasteiger partial charge in [-0.2, -0.15) is 18.4 Å². The first-order valence-electron chi connectivity index (χ1n) is 13.9. The maximum absolute atomic E-state index is 13.5. The van der Waals surface area contributed by atoms with E-state index in [-0.39, 0.29) is 34.5 Å². The number of aromatic nitrogens is 4. The number of anilines is 3. The molecule has 250 valence electrons. The van der Waals surface area contributed by atoms with Gasteiger partial charge in [-0.05, 0) is 70.4 Å². The molecule has 0 aliphatic rings. The summed E-state index contributed by atoms with van der Waals surface area (Å²) in [5.74, 6) is -0.214. The number of carbonyl (C=O) groups is 1. The fourth-order valence-electron chi connectivity index (χ4n) is 4.71. The fraction of sp³-hybridized carbons (Fsp3) is 0.161. The number of H-pyrrole nitrogens is 1. The van der Waals surface area contributed by atoms with Gasteiger partial charge in [0.15, 0.2) is 0 Å². The second kappa shape index (κ2) is 14.4. The van der Waals surface area contributed by atoms with Crippen LogP contribution in [-0.4, -0.2) is 45.7 Å². The summed E-state index contributed by atoms with van der Waals surface area (Å²) in [4.78, 5) is 14.7. The van der Waals surface area contributed by atoms with Gasteiger partial charge in [-0.15, -0.1) is 23.4 Å². The first-order valence-corrected chi connectivity index (χ1v) is 14.7. The molecule has 2 amide bonds. The van der Waals surface area contributed by atoms with Crippen molar-refractivity contribution in [2.45, 2.75) is 25.5 Å². The third-order valence-electron chi connectivity index (χ3n) is 6.80. The Hall–Kier alpha value is -5.02. The van der Waals surface area contributed by atoms with Crippen molar-refractivity contribution in [2.24, 2.45) is 0 Å². The molecule has 0 aliphatic carbocycles. The molecule has 5 aromatic rings. The third-order valence-corrected chi connectivity index (χ3v) is 7.38. The Bertz CT molecular complexity index is 1870. The van der Waals surface area contributed by atoms with Crippen molar-refractivity contribution in [1.29, 1.82) is 0 Å². The van der Waals surface area contributed by atoms with E-state index in [1.54, 1.807) is 54.6 Å². The fourth-order valence-corrected chi connectivity index (χ4v) is 5.18. The van der Waals surface area contributed by atoms with Gasteiger partial charge in [-0.1, -0.05) is 59.6 Å². The quantitative estimate of drug-likeness (QED) is 0.125. The standard InChI is InChI=1S/C31H23Cl2F6N7O2/c32-20-7-5-19(25(33)16-20)17-46(14-13-30(34,35)36)27-12-6-18(23-3-1-2-4-24(23)28-42-44-45-43-28)15-26(27)41-29(47)40-21-8-10-22(11-9-21)48-31(37,38)39/h1-12,15-16H,13-14,17H2,(H2,40,41,47)(H,42,43,44,45). The van der Waals surface area contributed by atoms with Gasteiger partial charge in [0, 0.05) is 34.4 Å². The summed E-state index contributed by atoms with van der Waals surface area (Å²) >= 11 is 12.4. The van der Waals surface area contributed by atoms with E-state index >= 15 is 0 Å². The number of ether oxygens (including phenoxy) is 1. The lowest BCUT2D eigenvalue weighted by Gasteiger charge is -2.29. The summed E-state index contributed by atoms with van der Waals surface area (Å²) in [7, 11) is 0. The monoisotopic (exact) mass is 709 g/mol. The Labute approximate surface area is 278 Å². The van der Waals surface area contributed by atoms with Gasteiger partial charge in [0.2, 0.25) is 5.82 Å². The maximum Gasteiger partial charge on any atom is 0.573 e. The minimum absolute atomic E-state index is 0.0815. The lowest BCUT2D eigenvalue weighted by atomic mass is 9.98. The molecule has 1 heterocycles. The Morgan fingerprint density at radius 2 is 1.60 bits per heavy atom. The molecule has 48 heavy (non-hydrogen) atoms. The predicted octanol–water partition coefficient (Wildman–Crippen LogP) is 9.34. The molecule has 0 atom stereocenters. The minimum Gasteiger partial charge on any atom is -0.406 e. The second-order valence-corrected chi connectivity index (χ2v) is 11.0. The maximum atomic E-state index is 13.5. The van der Waals surface area contributed by atoms with Crippen LogP contribution in [0.2, 0.25) is 10.0 Å². The number of rotatable bonds is 10. The number of nitrogens with one attached hydrogen (secondary N) is 3. The molecule has 4 aromatic carbocycles. The van der Waals surface area contributed by atoms with Gasteiger partial charge in [0.25, 0.3) is 0 Å². The topological polar surface area (TPSA) is 108 Å². The largest absolute Gasteiger partial charge is 0.573 e. The van der Waals surface area contributed by atoms with E-state index in [4.69, 9.17) is 23.2 Å². The Morgan fingerprint density at radius 1 is 0.875 bits per heavy atom. The van der Waals surface area contributed by atoms with E-state index in [0.29, 0.717) is 27.3 Å². The summed E-state index contributed by atoms with van der Waals surface area (Å²) in [5.41, 5.74) is 2.67. The van der Waals surface area contributed by atoms with Crippen LogP contribution < -0.4 is 20.3 Å². The van der Waals surface area contributed by atoms with Crippen molar-refractivity contribution < 1.29 is 35.9 Å². The van der Waals surface area contributed by atoms with Gasteiger partial charge < -0.3 is 20.3 Å². The molecule has 17 heteroatoms. The van der Waals surface area contributed by atoms with E-state index in [1.165, 1.54) is 23.1 Å². The number of amides is 2. The van der Waals surface area contributed by atoms with Gasteiger partial charge in [-0.25, -0.2) is 4.79 Å². The molecular weight excluding hydrogens is 687 g/mol. The average molecular weight is 710 g/mol. The molecule has 0 unspecified atom stereocenters. The summed E-state index contributed by atoms with van der Waals surface area (Å²) in [6.45, 7) is -0.583. The Morgan fingerprint density at radius 3 is 2.25 bits per heavy atom. The zero-order valence-corrected chi connectivity index (χ0v) is 25.8. The number of halogens is 8. The summed E-state index contributed by atoms with van der Waals surface area (Å²) in [6, 6.07) is 20.0. The SMILES string of the molecule is O=C(Nc1ccc(OC(F)(F)F)cc1)Nc1cc(-c2ccccc2-c2nn[nH]n2)ccc1N(CCC(F)(F)F)Cc1ccc(Cl)cc1Cl. The average Bonchev–Trinajstić information content (AvgIpc) is 3.55. The number of aromatic amines is 1. The van der Waals surface area contributed by atoms with Crippen LogP contribution in [0.25, 0.3) is 22.5 Å². The number of alkyl halides is 6. The number of hydrogen-bond donors (Lipinski definition) is 3. The molecule has 3 N–H and O–H groups in total. The van der Waals surface area contributed by atoms with Crippen LogP contribution in [0.4, 0.5) is 48.2 Å². The van der Waals surface area contributed by atoms with Crippen LogP contribution in [0.5, 0.6) is 5.75 Å². The summed E-state index contributed by atoms with van der Waals surface area (Å²) in [6.07, 6.45) is -10.6. The normalized spacial score (nSPS) is 11.7. The summed E-state index contributed by atoms with van der Waals surface area (Å²) < 4.78 is 82.0. The van der Waals surface area contributed by atoms with E-state index < -0.39 is 37.3 Å². The van der Waals surface area contributed by atoms with E-state index in [9.17, 15) is 31.1 Å². The first-order chi connectivity index (χ1) is 22.7. The molecule has 1 aromatic heterocycles. The molecule has 0 spiro atoms. The lowest BCUT2D eigenvalue weighted by molar-refractivity contribution is -0.274. The van der Waals surface area contributed by atoms with Crippen molar-refractivity contribution >= 4 is 46.3 Å². The molecule has 0 radical (unpaired) electrons. The molecule has 0 saturated heterocycles. The highest BCUT2D eigenvalue weighted by Crippen LogP contribution is 2.37. The number of nitrogens with zero attached hydrogens (tertiary/aromatic N) is 4. The van der Waals surface area contributed by atoms with E-state index in [0.717, 1.165) is 12.1 Å². The van der Waals surface area contributed by atoms with E-state index in [1.807, 2.05) is 0 Å². The van der Waals surface area contributed by atoms with Crippen molar-refractivity contribution in [2.75, 3.05) is 22.1 Å². The minimum atomic E-state index is -4.90. The number of carbonyl (C=O) groups excluding carboxylic acids is 1. The Balaban J connectivity index is 1.53.